The minimum atomic E-state index is -1.00. The Morgan fingerprint density at radius 2 is 1.84 bits per heavy atom. The number of benzene rings is 2. The van der Waals surface area contributed by atoms with Crippen molar-refractivity contribution < 1.29 is 9.90 Å². The van der Waals surface area contributed by atoms with E-state index in [2.05, 4.69) is 4.98 Å². The highest BCUT2D eigenvalue weighted by Crippen LogP contribution is 2.35. The van der Waals surface area contributed by atoms with Gasteiger partial charge in [-0.05, 0) is 29.8 Å². The fourth-order valence-corrected chi connectivity index (χ4v) is 3.44. The van der Waals surface area contributed by atoms with E-state index in [1.165, 1.54) is 0 Å². The predicted molar refractivity (Wildman–Crippen MR) is 99.0 cm³/mol. The number of aromatic nitrogens is 1. The maximum atomic E-state index is 11.3. The summed E-state index contributed by atoms with van der Waals surface area (Å²) in [7, 11) is 0. The molecular formula is C19H12Cl2N2O2. The number of nitrogens with one attached hydrogen (secondary N) is 1. The first-order valence-corrected chi connectivity index (χ1v) is 8.35. The van der Waals surface area contributed by atoms with E-state index in [9.17, 15) is 9.90 Å². The van der Waals surface area contributed by atoms with E-state index >= 15 is 0 Å². The number of hydrogen-bond donors (Lipinski definition) is 2. The molecule has 4 nitrogen and oxygen atoms in total. The molecule has 0 bridgehead atoms. The number of nitrogens with zero attached hydrogens (tertiary/aromatic N) is 1. The van der Waals surface area contributed by atoms with Gasteiger partial charge in [-0.25, -0.2) is 4.79 Å². The molecule has 2 aromatic carbocycles. The van der Waals surface area contributed by atoms with Gasteiger partial charge < -0.3 is 10.1 Å². The van der Waals surface area contributed by atoms with E-state index in [0.29, 0.717) is 16.6 Å². The molecule has 1 aliphatic heterocycles. The molecule has 0 saturated carbocycles. The van der Waals surface area contributed by atoms with Crippen LogP contribution in [0.15, 0.2) is 53.5 Å². The zero-order valence-electron chi connectivity index (χ0n) is 12.9. The van der Waals surface area contributed by atoms with Gasteiger partial charge in [-0.15, -0.1) is 0 Å². The van der Waals surface area contributed by atoms with Crippen LogP contribution in [-0.4, -0.2) is 21.8 Å². The molecule has 1 aliphatic rings. The summed E-state index contributed by atoms with van der Waals surface area (Å²) in [5.41, 5.74) is 4.93. The van der Waals surface area contributed by atoms with Crippen LogP contribution in [0.25, 0.3) is 11.3 Å². The van der Waals surface area contributed by atoms with Gasteiger partial charge in [0.05, 0.1) is 18.0 Å². The van der Waals surface area contributed by atoms with Crippen molar-refractivity contribution in [2.75, 3.05) is 0 Å². The average Bonchev–Trinajstić information content (AvgIpc) is 2.95. The molecule has 124 valence electrons. The maximum Gasteiger partial charge on any atom is 0.352 e. The first-order valence-electron chi connectivity index (χ1n) is 7.59. The molecule has 2 N–H and O–H groups in total. The Morgan fingerprint density at radius 3 is 2.60 bits per heavy atom. The fourth-order valence-electron chi connectivity index (χ4n) is 3.04. The molecule has 0 spiro atoms. The van der Waals surface area contributed by atoms with Crippen LogP contribution in [-0.2, 0) is 6.54 Å². The Bertz CT molecular complexity index is 1040. The highest BCUT2D eigenvalue weighted by molar-refractivity contribution is 6.36. The van der Waals surface area contributed by atoms with Gasteiger partial charge in [0.1, 0.15) is 5.69 Å². The summed E-state index contributed by atoms with van der Waals surface area (Å²) in [5, 5.41) is 10.4. The minimum absolute atomic E-state index is 0.141. The number of rotatable bonds is 2. The second-order valence-corrected chi connectivity index (χ2v) is 6.57. The zero-order valence-corrected chi connectivity index (χ0v) is 14.4. The topological polar surface area (TPSA) is 65.4 Å². The molecule has 0 fully saturated rings. The molecule has 0 unspecified atom stereocenters. The van der Waals surface area contributed by atoms with Gasteiger partial charge in [0.25, 0.3) is 0 Å². The lowest BCUT2D eigenvalue weighted by Crippen LogP contribution is -2.06. The molecule has 2 heterocycles. The van der Waals surface area contributed by atoms with Gasteiger partial charge in [0.15, 0.2) is 0 Å². The monoisotopic (exact) mass is 370 g/mol. The lowest BCUT2D eigenvalue weighted by molar-refractivity contribution is 0.0691. The number of aromatic amines is 1. The molecule has 0 saturated heterocycles. The van der Waals surface area contributed by atoms with E-state index in [-0.39, 0.29) is 5.69 Å². The van der Waals surface area contributed by atoms with Crippen LogP contribution in [0.5, 0.6) is 0 Å². The van der Waals surface area contributed by atoms with Crippen molar-refractivity contribution in [1.29, 1.82) is 0 Å². The smallest absolute Gasteiger partial charge is 0.352 e. The predicted octanol–water partition coefficient (Wildman–Crippen LogP) is 5.04. The van der Waals surface area contributed by atoms with Crippen LogP contribution >= 0.6 is 23.2 Å². The van der Waals surface area contributed by atoms with Crippen molar-refractivity contribution in [2.45, 2.75) is 6.54 Å². The number of carboxylic acids is 1. The third kappa shape index (κ3) is 2.73. The van der Waals surface area contributed by atoms with E-state index in [1.807, 2.05) is 36.4 Å². The third-order valence-electron chi connectivity index (χ3n) is 4.17. The van der Waals surface area contributed by atoms with Crippen LogP contribution in [0.4, 0.5) is 0 Å². The van der Waals surface area contributed by atoms with Crippen molar-refractivity contribution in [3.63, 3.8) is 0 Å². The lowest BCUT2D eigenvalue weighted by Gasteiger charge is -2.12. The summed E-state index contributed by atoms with van der Waals surface area (Å²) in [6.45, 7) is 0.353. The van der Waals surface area contributed by atoms with Crippen LogP contribution < -0.4 is 0 Å². The number of carbonyl (C=O) groups is 1. The maximum absolute atomic E-state index is 11.3. The van der Waals surface area contributed by atoms with Crippen molar-refractivity contribution in [3.8, 4) is 11.3 Å². The average molecular weight is 371 g/mol. The molecule has 1 aromatic heterocycles. The molecular weight excluding hydrogens is 359 g/mol. The van der Waals surface area contributed by atoms with Crippen LogP contribution in [0.1, 0.15) is 27.2 Å². The summed E-state index contributed by atoms with van der Waals surface area (Å²) in [6, 6.07) is 14.6. The Hall–Kier alpha value is -2.56. The van der Waals surface area contributed by atoms with Crippen molar-refractivity contribution >= 4 is 34.9 Å². The minimum Gasteiger partial charge on any atom is -0.477 e. The Kier molecular flexibility index (Phi) is 3.86. The third-order valence-corrected chi connectivity index (χ3v) is 4.74. The fraction of sp³-hybridized carbons (Fsp3) is 0.0526. The Labute approximate surface area is 153 Å². The van der Waals surface area contributed by atoms with Gasteiger partial charge in [0, 0.05) is 26.7 Å². The van der Waals surface area contributed by atoms with E-state index in [1.54, 1.807) is 12.1 Å². The van der Waals surface area contributed by atoms with Gasteiger partial charge >= 0.3 is 5.97 Å². The molecule has 25 heavy (non-hydrogen) atoms. The second kappa shape index (κ2) is 6.06. The van der Waals surface area contributed by atoms with Gasteiger partial charge in [-0.3, -0.25) is 4.99 Å². The standard InChI is InChI=1S/C19H12Cl2N2O2/c20-11-5-6-12-14(8-11)18(13-3-1-2-4-15(13)21)22-9-10-7-16(19(24)25)23-17(10)12/h1-8,23H,9H2,(H,24,25). The summed E-state index contributed by atoms with van der Waals surface area (Å²) < 4.78 is 0. The second-order valence-electron chi connectivity index (χ2n) is 5.72. The number of halogens is 2. The summed E-state index contributed by atoms with van der Waals surface area (Å²) in [5.74, 6) is -1.00. The van der Waals surface area contributed by atoms with Crippen LogP contribution in [0, 0.1) is 0 Å². The zero-order chi connectivity index (χ0) is 17.6. The van der Waals surface area contributed by atoms with Gasteiger partial charge in [0.2, 0.25) is 0 Å². The van der Waals surface area contributed by atoms with Crippen molar-refractivity contribution in [2.24, 2.45) is 4.99 Å². The first kappa shape index (κ1) is 15.9. The normalized spacial score (nSPS) is 12.8. The molecule has 4 rings (SSSR count). The number of carboxylic acid groups (broad SMARTS) is 1. The first-order chi connectivity index (χ1) is 12.0. The quantitative estimate of drug-likeness (QED) is 0.663. The Morgan fingerprint density at radius 1 is 1.04 bits per heavy atom. The Balaban J connectivity index is 1.98. The summed E-state index contributed by atoms with van der Waals surface area (Å²) in [4.78, 5) is 19.0. The van der Waals surface area contributed by atoms with Gasteiger partial charge in [-0.1, -0.05) is 47.5 Å². The molecule has 0 amide bonds. The van der Waals surface area contributed by atoms with E-state index in [0.717, 1.165) is 33.7 Å². The highest BCUT2D eigenvalue weighted by Gasteiger charge is 2.23. The van der Waals surface area contributed by atoms with Gasteiger partial charge in [-0.2, -0.15) is 0 Å². The number of hydrogen-bond acceptors (Lipinski definition) is 2. The number of fused-ring (bicyclic) bond motifs is 3. The largest absolute Gasteiger partial charge is 0.477 e. The summed E-state index contributed by atoms with van der Waals surface area (Å²) >= 11 is 12.6. The summed E-state index contributed by atoms with van der Waals surface area (Å²) in [6.07, 6.45) is 0. The van der Waals surface area contributed by atoms with Crippen molar-refractivity contribution in [1.82, 2.24) is 4.98 Å². The van der Waals surface area contributed by atoms with Crippen molar-refractivity contribution in [3.05, 3.63) is 81.0 Å². The molecule has 6 heteroatoms. The highest BCUT2D eigenvalue weighted by atomic mass is 35.5. The number of aliphatic imine (C=N–C) groups is 1. The number of aromatic carboxylic acids is 1. The van der Waals surface area contributed by atoms with E-state index < -0.39 is 5.97 Å². The molecule has 3 aromatic rings. The lowest BCUT2D eigenvalue weighted by atomic mass is 9.95. The van der Waals surface area contributed by atoms with E-state index in [4.69, 9.17) is 28.2 Å². The number of H-pyrrole nitrogens is 1. The van der Waals surface area contributed by atoms with Crippen LogP contribution in [0.3, 0.4) is 0 Å². The molecule has 0 radical (unpaired) electrons. The SMILES string of the molecule is O=C(O)c1cc2c([nH]1)-c1ccc(Cl)cc1C(c1ccccc1Cl)=NC2. The molecule has 0 aliphatic carbocycles. The van der Waals surface area contributed by atoms with Crippen LogP contribution in [0.2, 0.25) is 10.0 Å². The molecule has 0 atom stereocenters.